The summed E-state index contributed by atoms with van der Waals surface area (Å²) >= 11 is 0. The molecule has 2 N–H and O–H groups in total. The second-order valence-corrected chi connectivity index (χ2v) is 4.66. The zero-order valence-electron chi connectivity index (χ0n) is 8.00. The van der Waals surface area contributed by atoms with E-state index in [1.165, 1.54) is 12.4 Å². The molecule has 15 heavy (non-hydrogen) atoms. The molecule has 0 saturated carbocycles. The average molecular weight is 232 g/mol. The van der Waals surface area contributed by atoms with E-state index >= 15 is 0 Å². The van der Waals surface area contributed by atoms with Crippen LogP contribution in [0.1, 0.15) is 12.8 Å². The summed E-state index contributed by atoms with van der Waals surface area (Å²) in [5, 5.41) is 15.5. The van der Waals surface area contributed by atoms with Crippen molar-refractivity contribution in [2.75, 3.05) is 17.1 Å². The van der Waals surface area contributed by atoms with Gasteiger partial charge in [-0.3, -0.25) is 0 Å². The van der Waals surface area contributed by atoms with E-state index in [4.69, 9.17) is 5.11 Å². The highest BCUT2D eigenvalue weighted by Gasteiger charge is 2.11. The van der Waals surface area contributed by atoms with E-state index in [0.717, 1.165) is 0 Å². The molecule has 0 radical (unpaired) electrons. The topological polar surface area (TPSA) is 105 Å². The third-order valence-corrected chi connectivity index (χ3v) is 2.87. The molecule has 7 nitrogen and oxygen atoms in total. The molecule has 0 amide bonds. The number of rotatable bonds is 6. The molecule has 0 aliphatic carbocycles. The third kappa shape index (κ3) is 4.66. The highest BCUT2D eigenvalue weighted by Crippen LogP contribution is 2.01. The Morgan fingerprint density at radius 3 is 2.73 bits per heavy atom. The molecule has 0 saturated heterocycles. The van der Waals surface area contributed by atoms with E-state index in [-0.39, 0.29) is 18.3 Å². The van der Waals surface area contributed by atoms with E-state index in [1.54, 1.807) is 0 Å². The third-order valence-electron chi connectivity index (χ3n) is 1.55. The first-order chi connectivity index (χ1) is 7.14. The molecular weight excluding hydrogens is 220 g/mol. The molecule has 0 aromatic carbocycles. The maximum Gasteiger partial charge on any atom is 0.256 e. The number of anilines is 1. The quantitative estimate of drug-likeness (QED) is 0.634. The van der Waals surface area contributed by atoms with Crippen LogP contribution in [0.2, 0.25) is 0 Å². The van der Waals surface area contributed by atoms with E-state index in [0.29, 0.717) is 12.8 Å². The molecular formula is C7H12N4O3S. The SMILES string of the molecule is O=S(=O)(CCCCO)Nc1nccnn1. The lowest BCUT2D eigenvalue weighted by Crippen LogP contribution is -2.18. The second-order valence-electron chi connectivity index (χ2n) is 2.82. The first-order valence-corrected chi connectivity index (χ1v) is 6.04. The number of hydrogen-bond acceptors (Lipinski definition) is 6. The Morgan fingerprint density at radius 2 is 2.13 bits per heavy atom. The first-order valence-electron chi connectivity index (χ1n) is 4.39. The maximum absolute atomic E-state index is 11.4. The van der Waals surface area contributed by atoms with Crippen molar-refractivity contribution >= 4 is 16.0 Å². The van der Waals surface area contributed by atoms with Gasteiger partial charge in [-0.1, -0.05) is 0 Å². The molecule has 0 bridgehead atoms. The molecule has 0 unspecified atom stereocenters. The van der Waals surface area contributed by atoms with Gasteiger partial charge in [-0.05, 0) is 12.8 Å². The minimum absolute atomic E-state index is 0.0150. The number of aliphatic hydroxyl groups excluding tert-OH is 1. The lowest BCUT2D eigenvalue weighted by Gasteiger charge is -2.04. The predicted octanol–water partition coefficient (Wildman–Crippen LogP) is -0.614. The summed E-state index contributed by atoms with van der Waals surface area (Å²) in [5.41, 5.74) is 0. The second kappa shape index (κ2) is 5.56. The van der Waals surface area contributed by atoms with Crippen molar-refractivity contribution in [2.45, 2.75) is 12.8 Å². The molecule has 1 heterocycles. The minimum atomic E-state index is -3.43. The van der Waals surface area contributed by atoms with Crippen LogP contribution in [0.4, 0.5) is 5.95 Å². The summed E-state index contributed by atoms with van der Waals surface area (Å²) in [4.78, 5) is 3.68. The van der Waals surface area contributed by atoms with Crippen LogP contribution in [0.3, 0.4) is 0 Å². The summed E-state index contributed by atoms with van der Waals surface area (Å²) in [6.45, 7) is -0.0150. The van der Waals surface area contributed by atoms with Crippen LogP contribution < -0.4 is 4.72 Å². The van der Waals surface area contributed by atoms with Gasteiger partial charge in [-0.25, -0.2) is 18.1 Å². The van der Waals surface area contributed by atoms with E-state index < -0.39 is 10.0 Å². The lowest BCUT2D eigenvalue weighted by atomic mass is 10.4. The van der Waals surface area contributed by atoms with Gasteiger partial charge in [0.1, 0.15) is 0 Å². The van der Waals surface area contributed by atoms with Gasteiger partial charge >= 0.3 is 0 Å². The fourth-order valence-corrected chi connectivity index (χ4v) is 1.95. The Hall–Kier alpha value is -1.28. The molecule has 0 aliphatic heterocycles. The number of nitrogens with one attached hydrogen (secondary N) is 1. The van der Waals surface area contributed by atoms with Crippen LogP contribution in [-0.4, -0.2) is 41.1 Å². The largest absolute Gasteiger partial charge is 0.396 e. The molecule has 0 atom stereocenters. The average Bonchev–Trinajstić information content (AvgIpc) is 2.18. The number of aliphatic hydroxyl groups is 1. The van der Waals surface area contributed by atoms with Gasteiger partial charge in [0.2, 0.25) is 10.0 Å². The van der Waals surface area contributed by atoms with Crippen molar-refractivity contribution in [1.82, 2.24) is 15.2 Å². The summed E-state index contributed by atoms with van der Waals surface area (Å²) in [6, 6.07) is 0. The molecule has 0 spiro atoms. The molecule has 84 valence electrons. The molecule has 0 fully saturated rings. The van der Waals surface area contributed by atoms with E-state index in [9.17, 15) is 8.42 Å². The van der Waals surface area contributed by atoms with Crippen LogP contribution in [0.5, 0.6) is 0 Å². The Morgan fingerprint density at radius 1 is 1.33 bits per heavy atom. The van der Waals surface area contributed by atoms with Crippen molar-refractivity contribution in [2.24, 2.45) is 0 Å². The summed E-state index contributed by atoms with van der Waals surface area (Å²) in [6.07, 6.45) is 3.54. The number of nitrogens with zero attached hydrogens (tertiary/aromatic N) is 3. The summed E-state index contributed by atoms with van der Waals surface area (Å²) in [7, 11) is -3.43. The van der Waals surface area contributed by atoms with Gasteiger partial charge in [0.15, 0.2) is 0 Å². The van der Waals surface area contributed by atoms with Gasteiger partial charge in [0, 0.05) is 6.61 Å². The van der Waals surface area contributed by atoms with Crippen LogP contribution >= 0.6 is 0 Å². The molecule has 1 aromatic heterocycles. The van der Waals surface area contributed by atoms with Crippen molar-refractivity contribution in [3.63, 3.8) is 0 Å². The zero-order chi connectivity index (χ0) is 11.1. The minimum Gasteiger partial charge on any atom is -0.396 e. The van der Waals surface area contributed by atoms with Crippen molar-refractivity contribution in [1.29, 1.82) is 0 Å². The zero-order valence-corrected chi connectivity index (χ0v) is 8.81. The number of unbranched alkanes of at least 4 members (excludes halogenated alkanes) is 1. The highest BCUT2D eigenvalue weighted by molar-refractivity contribution is 7.92. The van der Waals surface area contributed by atoms with Crippen molar-refractivity contribution in [3.05, 3.63) is 12.4 Å². The highest BCUT2D eigenvalue weighted by atomic mass is 32.2. The molecule has 1 rings (SSSR count). The summed E-state index contributed by atoms with van der Waals surface area (Å²) < 4.78 is 24.9. The Balaban J connectivity index is 2.50. The maximum atomic E-state index is 11.4. The Labute approximate surface area is 87.6 Å². The van der Waals surface area contributed by atoms with Crippen LogP contribution in [0.15, 0.2) is 12.4 Å². The van der Waals surface area contributed by atoms with Gasteiger partial charge in [-0.2, -0.15) is 5.10 Å². The Kier molecular flexibility index (Phi) is 4.37. The normalized spacial score (nSPS) is 11.3. The fraction of sp³-hybridized carbons (Fsp3) is 0.571. The molecule has 0 aliphatic rings. The number of aromatic nitrogens is 3. The fourth-order valence-electron chi connectivity index (χ4n) is 0.888. The van der Waals surface area contributed by atoms with Gasteiger partial charge < -0.3 is 5.11 Å². The van der Waals surface area contributed by atoms with Gasteiger partial charge in [-0.15, -0.1) is 5.10 Å². The molecule has 1 aromatic rings. The Bertz CT molecular complexity index is 380. The number of hydrogen-bond donors (Lipinski definition) is 2. The van der Waals surface area contributed by atoms with Gasteiger partial charge in [0.05, 0.1) is 18.1 Å². The monoisotopic (exact) mass is 232 g/mol. The van der Waals surface area contributed by atoms with Crippen LogP contribution in [0.25, 0.3) is 0 Å². The van der Waals surface area contributed by atoms with E-state index in [2.05, 4.69) is 19.9 Å². The standard InChI is InChI=1S/C7H12N4O3S/c12-5-1-2-6-15(13,14)11-7-8-3-4-9-10-7/h3-4,12H,1-2,5-6H2,(H,8,10,11). The first kappa shape index (κ1) is 11.8. The van der Waals surface area contributed by atoms with Crippen molar-refractivity contribution in [3.8, 4) is 0 Å². The predicted molar refractivity (Wildman–Crippen MR) is 53.6 cm³/mol. The smallest absolute Gasteiger partial charge is 0.256 e. The summed E-state index contributed by atoms with van der Waals surface area (Å²) in [5.74, 6) is -0.104. The lowest BCUT2D eigenvalue weighted by molar-refractivity contribution is 0.287. The molecule has 8 heteroatoms. The number of sulfonamides is 1. The van der Waals surface area contributed by atoms with Crippen LogP contribution in [0, 0.1) is 0 Å². The van der Waals surface area contributed by atoms with Gasteiger partial charge in [0.25, 0.3) is 5.95 Å². The van der Waals surface area contributed by atoms with Crippen molar-refractivity contribution < 1.29 is 13.5 Å². The van der Waals surface area contributed by atoms with E-state index in [1.807, 2.05) is 0 Å². The van der Waals surface area contributed by atoms with Crippen LogP contribution in [-0.2, 0) is 10.0 Å².